The Labute approximate surface area is 144 Å². The number of hydrogen-bond donors (Lipinski definition) is 3. The Hall–Kier alpha value is -2.93. The Bertz CT molecular complexity index is 963. The van der Waals surface area contributed by atoms with Crippen LogP contribution in [0.5, 0.6) is 0 Å². The first-order valence-electron chi connectivity index (χ1n) is 8.25. The molecule has 0 aliphatic carbocycles. The van der Waals surface area contributed by atoms with E-state index in [1.165, 1.54) is 0 Å². The Morgan fingerprint density at radius 1 is 1.28 bits per heavy atom. The zero-order valence-corrected chi connectivity index (χ0v) is 13.9. The van der Waals surface area contributed by atoms with Gasteiger partial charge >= 0.3 is 0 Å². The molecule has 3 aromatic rings. The molecular formula is C18H19N5O2. The fraction of sp³-hybridized carbons (Fsp3) is 0.278. The molecule has 4 heterocycles. The van der Waals surface area contributed by atoms with Crippen LogP contribution in [0.4, 0.5) is 17.5 Å². The Morgan fingerprint density at radius 3 is 3.00 bits per heavy atom. The van der Waals surface area contributed by atoms with Gasteiger partial charge in [0.15, 0.2) is 0 Å². The van der Waals surface area contributed by atoms with E-state index in [2.05, 4.69) is 25.6 Å². The molecule has 0 spiro atoms. The topological polar surface area (TPSA) is 91.9 Å². The second kappa shape index (κ2) is 6.52. The molecule has 1 fully saturated rings. The van der Waals surface area contributed by atoms with Gasteiger partial charge in [0.2, 0.25) is 0 Å². The number of H-pyrrole nitrogens is 1. The van der Waals surface area contributed by atoms with Gasteiger partial charge in [-0.05, 0) is 48.6 Å². The van der Waals surface area contributed by atoms with E-state index < -0.39 is 0 Å². The highest BCUT2D eigenvalue weighted by atomic mass is 16.5. The average Bonchev–Trinajstić information content (AvgIpc) is 3.08. The number of nitrogens with zero attached hydrogens (tertiary/aromatic N) is 2. The molecule has 3 aromatic heterocycles. The van der Waals surface area contributed by atoms with Crippen LogP contribution in [-0.4, -0.2) is 34.2 Å². The predicted octanol–water partition coefficient (Wildman–Crippen LogP) is 2.57. The third-order valence-corrected chi connectivity index (χ3v) is 4.20. The fourth-order valence-electron chi connectivity index (χ4n) is 2.96. The molecule has 7 nitrogen and oxygen atoms in total. The van der Waals surface area contributed by atoms with Gasteiger partial charge in [0, 0.05) is 19.0 Å². The summed E-state index contributed by atoms with van der Waals surface area (Å²) >= 11 is 0. The first-order valence-corrected chi connectivity index (χ1v) is 8.25. The lowest BCUT2D eigenvalue weighted by Gasteiger charge is -2.15. The summed E-state index contributed by atoms with van der Waals surface area (Å²) in [6, 6.07) is 7.75. The molecule has 0 saturated carbocycles. The largest absolute Gasteiger partial charge is 0.379 e. The number of aromatic amines is 1. The quantitative estimate of drug-likeness (QED) is 0.678. The maximum absolute atomic E-state index is 12.3. The van der Waals surface area contributed by atoms with Crippen molar-refractivity contribution in [1.82, 2.24) is 15.0 Å². The smallest absolute Gasteiger partial charge is 0.259 e. The summed E-state index contributed by atoms with van der Waals surface area (Å²) in [7, 11) is 0. The van der Waals surface area contributed by atoms with Gasteiger partial charge in [0.25, 0.3) is 5.56 Å². The first kappa shape index (κ1) is 15.6. The molecule has 7 heteroatoms. The SMILES string of the molecule is Cc1ccnc(Nc2cc3cc[nH]c(=O)c3c(N[C@H]3CCOC3)n2)c1. The Balaban J connectivity index is 1.76. The summed E-state index contributed by atoms with van der Waals surface area (Å²) in [6.45, 7) is 3.34. The zero-order chi connectivity index (χ0) is 17.2. The minimum Gasteiger partial charge on any atom is -0.379 e. The van der Waals surface area contributed by atoms with E-state index in [1.54, 1.807) is 12.4 Å². The molecule has 128 valence electrons. The Kier molecular flexibility index (Phi) is 4.07. The number of aromatic nitrogens is 3. The molecular weight excluding hydrogens is 318 g/mol. The average molecular weight is 337 g/mol. The standard InChI is InChI=1S/C18H19N5O2/c1-11-2-5-19-14(8-11)22-15-9-12-3-6-20-18(24)16(12)17(23-15)21-13-4-7-25-10-13/h2-3,5-6,8-9,13H,4,7,10H2,1H3,(H,20,24)(H2,19,21,22,23)/t13-/m0/s1. The molecule has 0 aromatic carbocycles. The lowest BCUT2D eigenvalue weighted by molar-refractivity contribution is 0.195. The van der Waals surface area contributed by atoms with Crippen LogP contribution < -0.4 is 16.2 Å². The van der Waals surface area contributed by atoms with Gasteiger partial charge in [-0.2, -0.15) is 0 Å². The molecule has 1 aliphatic rings. The third kappa shape index (κ3) is 3.32. The van der Waals surface area contributed by atoms with E-state index in [9.17, 15) is 4.79 Å². The summed E-state index contributed by atoms with van der Waals surface area (Å²) in [4.78, 5) is 23.9. The van der Waals surface area contributed by atoms with Crippen LogP contribution in [0.25, 0.3) is 10.8 Å². The number of hydrogen-bond acceptors (Lipinski definition) is 6. The molecule has 0 radical (unpaired) electrons. The van der Waals surface area contributed by atoms with E-state index >= 15 is 0 Å². The van der Waals surface area contributed by atoms with Crippen molar-refractivity contribution >= 4 is 28.2 Å². The van der Waals surface area contributed by atoms with Crippen molar-refractivity contribution < 1.29 is 4.74 Å². The zero-order valence-electron chi connectivity index (χ0n) is 13.9. The summed E-state index contributed by atoms with van der Waals surface area (Å²) < 4.78 is 5.41. The van der Waals surface area contributed by atoms with Gasteiger partial charge in [-0.25, -0.2) is 9.97 Å². The minimum absolute atomic E-state index is 0.155. The number of anilines is 3. The number of nitrogens with one attached hydrogen (secondary N) is 3. The number of rotatable bonds is 4. The van der Waals surface area contributed by atoms with Crippen molar-refractivity contribution in [2.24, 2.45) is 0 Å². The van der Waals surface area contributed by atoms with E-state index in [0.29, 0.717) is 29.4 Å². The van der Waals surface area contributed by atoms with Crippen molar-refractivity contribution in [3.63, 3.8) is 0 Å². The lowest BCUT2D eigenvalue weighted by Crippen LogP contribution is -2.22. The maximum Gasteiger partial charge on any atom is 0.259 e. The molecule has 1 saturated heterocycles. The molecule has 1 aliphatic heterocycles. The van der Waals surface area contributed by atoms with E-state index in [1.807, 2.05) is 31.2 Å². The summed E-state index contributed by atoms with van der Waals surface area (Å²) in [5.74, 6) is 1.91. The molecule has 0 amide bonds. The van der Waals surface area contributed by atoms with Crippen LogP contribution in [0.3, 0.4) is 0 Å². The highest BCUT2D eigenvalue weighted by Gasteiger charge is 2.18. The summed E-state index contributed by atoms with van der Waals surface area (Å²) in [6.07, 6.45) is 4.28. The van der Waals surface area contributed by atoms with E-state index in [0.717, 1.165) is 24.0 Å². The second-order valence-electron chi connectivity index (χ2n) is 6.18. The van der Waals surface area contributed by atoms with Crippen molar-refractivity contribution in [1.29, 1.82) is 0 Å². The van der Waals surface area contributed by atoms with Gasteiger partial charge in [0.05, 0.1) is 18.0 Å². The molecule has 3 N–H and O–H groups in total. The monoisotopic (exact) mass is 337 g/mol. The van der Waals surface area contributed by atoms with Crippen LogP contribution in [0, 0.1) is 6.92 Å². The number of pyridine rings is 3. The van der Waals surface area contributed by atoms with Gasteiger partial charge in [0.1, 0.15) is 17.5 Å². The van der Waals surface area contributed by atoms with Crippen LogP contribution in [0.15, 0.2) is 41.5 Å². The number of aryl methyl sites for hydroxylation is 1. The molecule has 1 atom stereocenters. The van der Waals surface area contributed by atoms with E-state index in [4.69, 9.17) is 4.74 Å². The third-order valence-electron chi connectivity index (χ3n) is 4.20. The summed E-state index contributed by atoms with van der Waals surface area (Å²) in [5, 5.41) is 7.93. The summed E-state index contributed by atoms with van der Waals surface area (Å²) in [5.41, 5.74) is 0.947. The number of fused-ring (bicyclic) bond motifs is 1. The van der Waals surface area contributed by atoms with Gasteiger partial charge in [-0.3, -0.25) is 4.79 Å². The second-order valence-corrected chi connectivity index (χ2v) is 6.18. The maximum atomic E-state index is 12.3. The fourth-order valence-corrected chi connectivity index (χ4v) is 2.96. The van der Waals surface area contributed by atoms with Crippen LogP contribution in [0.1, 0.15) is 12.0 Å². The van der Waals surface area contributed by atoms with Crippen molar-refractivity contribution in [3.8, 4) is 0 Å². The molecule has 0 bridgehead atoms. The molecule has 0 unspecified atom stereocenters. The predicted molar refractivity (Wildman–Crippen MR) is 97.5 cm³/mol. The van der Waals surface area contributed by atoms with Gasteiger partial charge in [-0.1, -0.05) is 0 Å². The van der Waals surface area contributed by atoms with Crippen LogP contribution in [-0.2, 0) is 4.74 Å². The van der Waals surface area contributed by atoms with Crippen LogP contribution >= 0.6 is 0 Å². The molecule has 25 heavy (non-hydrogen) atoms. The minimum atomic E-state index is -0.161. The first-order chi connectivity index (χ1) is 12.2. The lowest BCUT2D eigenvalue weighted by atomic mass is 10.2. The highest BCUT2D eigenvalue weighted by molar-refractivity contribution is 5.93. The van der Waals surface area contributed by atoms with Crippen molar-refractivity contribution in [2.75, 3.05) is 23.8 Å². The molecule has 4 rings (SSSR count). The number of ether oxygens (including phenoxy) is 1. The van der Waals surface area contributed by atoms with Crippen LogP contribution in [0.2, 0.25) is 0 Å². The van der Waals surface area contributed by atoms with Crippen molar-refractivity contribution in [3.05, 3.63) is 52.6 Å². The van der Waals surface area contributed by atoms with Gasteiger partial charge in [-0.15, -0.1) is 0 Å². The highest BCUT2D eigenvalue weighted by Crippen LogP contribution is 2.25. The van der Waals surface area contributed by atoms with Crippen molar-refractivity contribution in [2.45, 2.75) is 19.4 Å². The Morgan fingerprint density at radius 2 is 2.20 bits per heavy atom. The normalized spacial score (nSPS) is 16.9. The van der Waals surface area contributed by atoms with Gasteiger partial charge < -0.3 is 20.4 Å². The van der Waals surface area contributed by atoms with E-state index in [-0.39, 0.29) is 11.6 Å².